The van der Waals surface area contributed by atoms with Gasteiger partial charge in [0.15, 0.2) is 0 Å². The molecule has 0 saturated carbocycles. The minimum absolute atomic E-state index is 0.000360. The number of likely N-dealkylation sites (tertiary alicyclic amines) is 1. The average molecular weight is 383 g/mol. The Hall–Kier alpha value is -2.98. The van der Waals surface area contributed by atoms with Gasteiger partial charge in [0, 0.05) is 25.2 Å². The SMILES string of the molecule is O=C(NCc1nnc(-c2ccccn2)o1)C1CCN(C(=O)C(F)(F)F)CC1. The zero-order valence-electron chi connectivity index (χ0n) is 14.1. The van der Waals surface area contributed by atoms with E-state index in [2.05, 4.69) is 20.5 Å². The first-order valence-electron chi connectivity index (χ1n) is 8.22. The van der Waals surface area contributed by atoms with Crippen LogP contribution >= 0.6 is 0 Å². The molecule has 0 atom stereocenters. The van der Waals surface area contributed by atoms with Gasteiger partial charge in [0.1, 0.15) is 5.69 Å². The Kier molecular flexibility index (Phi) is 5.38. The fraction of sp³-hybridized carbons (Fsp3) is 0.438. The molecule has 0 unspecified atom stereocenters. The molecule has 1 aliphatic rings. The van der Waals surface area contributed by atoms with E-state index in [0.717, 1.165) is 4.90 Å². The first kappa shape index (κ1) is 18.8. The topological polar surface area (TPSA) is 101 Å². The number of halogens is 3. The summed E-state index contributed by atoms with van der Waals surface area (Å²) in [5.74, 6) is -2.26. The molecule has 2 aromatic heterocycles. The summed E-state index contributed by atoms with van der Waals surface area (Å²) in [6, 6.07) is 5.21. The smallest absolute Gasteiger partial charge is 0.417 e. The van der Waals surface area contributed by atoms with Crippen molar-refractivity contribution in [3.8, 4) is 11.6 Å². The van der Waals surface area contributed by atoms with Crippen molar-refractivity contribution in [2.45, 2.75) is 25.6 Å². The number of nitrogens with one attached hydrogen (secondary N) is 1. The van der Waals surface area contributed by atoms with Gasteiger partial charge in [-0.2, -0.15) is 13.2 Å². The molecule has 3 heterocycles. The Balaban J connectivity index is 1.48. The Morgan fingerprint density at radius 3 is 2.59 bits per heavy atom. The molecule has 2 amide bonds. The second-order valence-corrected chi connectivity index (χ2v) is 6.00. The molecule has 0 spiro atoms. The molecule has 0 bridgehead atoms. The molecule has 1 N–H and O–H groups in total. The summed E-state index contributed by atoms with van der Waals surface area (Å²) in [7, 11) is 0. The Bertz CT molecular complexity index is 801. The van der Waals surface area contributed by atoms with Gasteiger partial charge in [-0.1, -0.05) is 6.07 Å². The number of hydrogen-bond acceptors (Lipinski definition) is 6. The van der Waals surface area contributed by atoms with Crippen molar-refractivity contribution in [3.63, 3.8) is 0 Å². The van der Waals surface area contributed by atoms with E-state index < -0.39 is 18.0 Å². The third-order valence-electron chi connectivity index (χ3n) is 4.16. The molecular weight excluding hydrogens is 367 g/mol. The van der Waals surface area contributed by atoms with Crippen LogP contribution in [0, 0.1) is 5.92 Å². The number of amides is 2. The highest BCUT2D eigenvalue weighted by Crippen LogP contribution is 2.24. The molecule has 0 aromatic carbocycles. The maximum absolute atomic E-state index is 12.4. The van der Waals surface area contributed by atoms with Gasteiger partial charge in [-0.15, -0.1) is 10.2 Å². The molecule has 0 radical (unpaired) electrons. The summed E-state index contributed by atoms with van der Waals surface area (Å²) in [6.45, 7) is -0.220. The molecule has 3 rings (SSSR count). The summed E-state index contributed by atoms with van der Waals surface area (Å²) in [4.78, 5) is 28.2. The number of alkyl halides is 3. The first-order valence-corrected chi connectivity index (χ1v) is 8.22. The van der Waals surface area contributed by atoms with Crippen molar-refractivity contribution in [2.75, 3.05) is 13.1 Å². The van der Waals surface area contributed by atoms with Crippen LogP contribution in [0.5, 0.6) is 0 Å². The molecule has 8 nitrogen and oxygen atoms in total. The van der Waals surface area contributed by atoms with E-state index in [9.17, 15) is 22.8 Å². The van der Waals surface area contributed by atoms with Crippen LogP contribution in [0.3, 0.4) is 0 Å². The fourth-order valence-corrected chi connectivity index (χ4v) is 2.75. The predicted molar refractivity (Wildman–Crippen MR) is 84.7 cm³/mol. The van der Waals surface area contributed by atoms with Crippen molar-refractivity contribution in [1.82, 2.24) is 25.4 Å². The molecule has 2 aromatic rings. The van der Waals surface area contributed by atoms with E-state index in [1.54, 1.807) is 24.4 Å². The summed E-state index contributed by atoms with van der Waals surface area (Å²) >= 11 is 0. The van der Waals surface area contributed by atoms with Crippen molar-refractivity contribution in [3.05, 3.63) is 30.3 Å². The van der Waals surface area contributed by atoms with E-state index in [1.165, 1.54) is 0 Å². The van der Waals surface area contributed by atoms with Crippen LogP contribution in [0.2, 0.25) is 0 Å². The molecule has 27 heavy (non-hydrogen) atoms. The number of piperidine rings is 1. The monoisotopic (exact) mass is 383 g/mol. The van der Waals surface area contributed by atoms with Crippen molar-refractivity contribution in [1.29, 1.82) is 0 Å². The third-order valence-corrected chi connectivity index (χ3v) is 4.16. The number of aromatic nitrogens is 3. The maximum Gasteiger partial charge on any atom is 0.471 e. The molecular formula is C16H16F3N5O3. The van der Waals surface area contributed by atoms with Crippen LogP contribution in [-0.4, -0.2) is 51.2 Å². The second kappa shape index (κ2) is 7.72. The molecule has 1 saturated heterocycles. The van der Waals surface area contributed by atoms with Gasteiger partial charge in [-0.3, -0.25) is 14.6 Å². The van der Waals surface area contributed by atoms with Crippen LogP contribution < -0.4 is 5.32 Å². The average Bonchev–Trinajstić information content (AvgIpc) is 3.15. The van der Waals surface area contributed by atoms with Crippen molar-refractivity contribution >= 4 is 11.8 Å². The second-order valence-electron chi connectivity index (χ2n) is 6.00. The van der Waals surface area contributed by atoms with Gasteiger partial charge < -0.3 is 14.6 Å². The van der Waals surface area contributed by atoms with E-state index >= 15 is 0 Å². The maximum atomic E-state index is 12.4. The van der Waals surface area contributed by atoms with Gasteiger partial charge in [0.2, 0.25) is 11.8 Å². The lowest BCUT2D eigenvalue weighted by Gasteiger charge is -2.31. The lowest BCUT2D eigenvalue weighted by Crippen LogP contribution is -2.47. The number of carbonyl (C=O) groups excluding carboxylic acids is 2. The molecule has 11 heteroatoms. The summed E-state index contributed by atoms with van der Waals surface area (Å²) in [5, 5.41) is 10.3. The number of carbonyl (C=O) groups is 2. The molecule has 144 valence electrons. The van der Waals surface area contributed by atoms with Crippen LogP contribution in [-0.2, 0) is 16.1 Å². The summed E-state index contributed by atoms with van der Waals surface area (Å²) in [6.07, 6.45) is -2.98. The lowest BCUT2D eigenvalue weighted by atomic mass is 9.96. The van der Waals surface area contributed by atoms with Crippen LogP contribution in [0.1, 0.15) is 18.7 Å². The summed E-state index contributed by atoms with van der Waals surface area (Å²) in [5.41, 5.74) is 0.504. The van der Waals surface area contributed by atoms with Crippen LogP contribution in [0.4, 0.5) is 13.2 Å². The number of hydrogen-bond donors (Lipinski definition) is 1. The quantitative estimate of drug-likeness (QED) is 0.860. The first-order chi connectivity index (χ1) is 12.8. The van der Waals surface area contributed by atoms with Crippen LogP contribution in [0.15, 0.2) is 28.8 Å². The number of pyridine rings is 1. The number of rotatable bonds is 4. The fourth-order valence-electron chi connectivity index (χ4n) is 2.75. The molecule has 0 aliphatic carbocycles. The molecule has 1 aliphatic heterocycles. The normalized spacial score (nSPS) is 15.6. The minimum atomic E-state index is -4.89. The highest BCUT2D eigenvalue weighted by Gasteiger charge is 2.43. The summed E-state index contributed by atoms with van der Waals surface area (Å²) < 4.78 is 42.7. The largest absolute Gasteiger partial charge is 0.471 e. The standard InChI is InChI=1S/C16H16F3N5O3/c17-16(18,19)15(26)24-7-4-10(5-8-24)13(25)21-9-12-22-23-14(27-12)11-3-1-2-6-20-11/h1-3,6,10H,4-5,7-9H2,(H,21,25). The van der Waals surface area contributed by atoms with E-state index in [-0.39, 0.29) is 50.2 Å². The van der Waals surface area contributed by atoms with Crippen molar-refractivity contribution in [2.24, 2.45) is 5.92 Å². The zero-order valence-corrected chi connectivity index (χ0v) is 14.1. The zero-order chi connectivity index (χ0) is 19.4. The van der Waals surface area contributed by atoms with E-state index in [1.807, 2.05) is 0 Å². The van der Waals surface area contributed by atoms with Crippen LogP contribution in [0.25, 0.3) is 11.6 Å². The highest BCUT2D eigenvalue weighted by molar-refractivity contribution is 5.83. The third kappa shape index (κ3) is 4.60. The highest BCUT2D eigenvalue weighted by atomic mass is 19.4. The Labute approximate surface area is 151 Å². The van der Waals surface area contributed by atoms with Gasteiger partial charge in [-0.05, 0) is 25.0 Å². The Morgan fingerprint density at radius 2 is 1.96 bits per heavy atom. The Morgan fingerprint density at radius 1 is 1.22 bits per heavy atom. The van der Waals surface area contributed by atoms with E-state index in [4.69, 9.17) is 4.42 Å². The van der Waals surface area contributed by atoms with E-state index in [0.29, 0.717) is 5.69 Å². The van der Waals surface area contributed by atoms with Gasteiger partial charge in [-0.25, -0.2) is 0 Å². The lowest BCUT2D eigenvalue weighted by molar-refractivity contribution is -0.186. The minimum Gasteiger partial charge on any atom is -0.417 e. The number of nitrogens with zero attached hydrogens (tertiary/aromatic N) is 4. The predicted octanol–water partition coefficient (Wildman–Crippen LogP) is 1.55. The van der Waals surface area contributed by atoms with Gasteiger partial charge in [0.25, 0.3) is 5.89 Å². The van der Waals surface area contributed by atoms with Gasteiger partial charge in [0.05, 0.1) is 6.54 Å². The molecule has 1 fully saturated rings. The van der Waals surface area contributed by atoms with Gasteiger partial charge >= 0.3 is 12.1 Å². The van der Waals surface area contributed by atoms with Crippen molar-refractivity contribution < 1.29 is 27.2 Å².